The molecule has 1 rings (SSSR count). The predicted octanol–water partition coefficient (Wildman–Crippen LogP) is 4.09. The van der Waals surface area contributed by atoms with Crippen LogP contribution in [0.4, 0.5) is 8.78 Å². The molecule has 0 bridgehead atoms. The van der Waals surface area contributed by atoms with Crippen molar-refractivity contribution in [1.82, 2.24) is 0 Å². The molecule has 0 aliphatic carbocycles. The normalized spacial score (nSPS) is 14.1. The maximum atomic E-state index is 14.2. The molecule has 0 fully saturated rings. The summed E-state index contributed by atoms with van der Waals surface area (Å²) in [6, 6.07) is 2.00. The molecule has 1 aromatic carbocycles. The summed E-state index contributed by atoms with van der Waals surface area (Å²) in [6.45, 7) is 7.90. The third-order valence-electron chi connectivity index (χ3n) is 2.86. The van der Waals surface area contributed by atoms with Gasteiger partial charge in [0.1, 0.15) is 15.5 Å². The summed E-state index contributed by atoms with van der Waals surface area (Å²) in [5.41, 5.74) is -1.60. The third kappa shape index (κ3) is 4.50. The smallest absolute Gasteiger partial charge is 0.342 e. The average Bonchev–Trinajstić information content (AvgIpc) is 2.39. The van der Waals surface area contributed by atoms with Crippen LogP contribution in [0.15, 0.2) is 12.1 Å². The van der Waals surface area contributed by atoms with Gasteiger partial charge in [0.05, 0.1) is 6.61 Å². The van der Waals surface area contributed by atoms with Crippen LogP contribution < -0.4 is 0 Å². The number of alkyl halides is 1. The van der Waals surface area contributed by atoms with E-state index in [0.717, 1.165) is 12.1 Å². The first-order valence-corrected chi connectivity index (χ1v) is 7.79. The number of hydrogen-bond acceptors (Lipinski definition) is 4. The highest BCUT2D eigenvalue weighted by atomic mass is 79.9. The summed E-state index contributed by atoms with van der Waals surface area (Å²) in [4.78, 5) is 24.4. The van der Waals surface area contributed by atoms with Gasteiger partial charge in [-0.15, -0.1) is 0 Å². The van der Waals surface area contributed by atoms with E-state index in [1.54, 1.807) is 27.7 Å². The van der Waals surface area contributed by atoms with Crippen LogP contribution in [0, 0.1) is 11.6 Å². The molecule has 0 spiro atoms. The minimum atomic E-state index is -1.52. The van der Waals surface area contributed by atoms with Gasteiger partial charge in [0.15, 0.2) is 11.6 Å². The van der Waals surface area contributed by atoms with Crippen molar-refractivity contribution in [2.45, 2.75) is 44.5 Å². The average molecular weight is 393 g/mol. The van der Waals surface area contributed by atoms with Crippen molar-refractivity contribution in [3.05, 3.63) is 34.9 Å². The molecule has 0 heterocycles. The highest BCUT2D eigenvalue weighted by Crippen LogP contribution is 2.37. The molecule has 128 valence electrons. The zero-order valence-electron chi connectivity index (χ0n) is 13.6. The minimum absolute atomic E-state index is 0.0656. The Hall–Kier alpha value is -1.50. The van der Waals surface area contributed by atoms with Crippen molar-refractivity contribution < 1.29 is 27.8 Å². The van der Waals surface area contributed by atoms with E-state index in [4.69, 9.17) is 9.47 Å². The van der Waals surface area contributed by atoms with Crippen molar-refractivity contribution in [3.63, 3.8) is 0 Å². The van der Waals surface area contributed by atoms with Crippen LogP contribution in [0.5, 0.6) is 0 Å². The first-order valence-electron chi connectivity index (χ1n) is 6.99. The van der Waals surface area contributed by atoms with Gasteiger partial charge in [-0.1, -0.05) is 22.0 Å². The van der Waals surface area contributed by atoms with Crippen LogP contribution in [-0.2, 0) is 18.6 Å². The molecule has 0 N–H and O–H groups in total. The Labute approximate surface area is 142 Å². The van der Waals surface area contributed by atoms with E-state index in [-0.39, 0.29) is 12.2 Å². The van der Waals surface area contributed by atoms with Gasteiger partial charge in [0, 0.05) is 0 Å². The maximum Gasteiger partial charge on any atom is 0.342 e. The molecular weight excluding hydrogens is 374 g/mol. The first-order chi connectivity index (χ1) is 10.4. The van der Waals surface area contributed by atoms with Gasteiger partial charge in [0.2, 0.25) is 0 Å². The molecule has 1 atom stereocenters. The SMILES string of the molecule is CCOC(=O)C(C)(Br)c1ccc(F)c(F)c1C(=O)OC(C)(C)C. The fraction of sp³-hybridized carbons (Fsp3) is 0.500. The molecule has 0 aliphatic heterocycles. The molecule has 0 saturated heterocycles. The summed E-state index contributed by atoms with van der Waals surface area (Å²) in [6.07, 6.45) is 0. The molecule has 1 unspecified atom stereocenters. The van der Waals surface area contributed by atoms with Gasteiger partial charge >= 0.3 is 11.9 Å². The van der Waals surface area contributed by atoms with Gasteiger partial charge < -0.3 is 9.47 Å². The molecule has 23 heavy (non-hydrogen) atoms. The summed E-state index contributed by atoms with van der Waals surface area (Å²) >= 11 is 3.14. The van der Waals surface area contributed by atoms with Crippen molar-refractivity contribution in [3.8, 4) is 0 Å². The molecule has 4 nitrogen and oxygen atoms in total. The molecule has 0 aliphatic rings. The van der Waals surface area contributed by atoms with E-state index < -0.39 is 39.1 Å². The summed E-state index contributed by atoms with van der Waals surface area (Å²) in [7, 11) is 0. The number of esters is 2. The highest BCUT2D eigenvalue weighted by molar-refractivity contribution is 9.10. The molecule has 7 heteroatoms. The van der Waals surface area contributed by atoms with E-state index in [2.05, 4.69) is 15.9 Å². The molecule has 0 radical (unpaired) electrons. The quantitative estimate of drug-likeness (QED) is 0.571. The highest BCUT2D eigenvalue weighted by Gasteiger charge is 2.40. The number of rotatable bonds is 4. The molecule has 0 saturated carbocycles. The molecule has 0 amide bonds. The second-order valence-corrected chi connectivity index (χ2v) is 7.60. The largest absolute Gasteiger partial charge is 0.465 e. The number of ether oxygens (including phenoxy) is 2. The van der Waals surface area contributed by atoms with Crippen LogP contribution in [0.1, 0.15) is 50.5 Å². The monoisotopic (exact) mass is 392 g/mol. The Morgan fingerprint density at radius 1 is 1.17 bits per heavy atom. The number of carbonyl (C=O) groups excluding carboxylic acids is 2. The number of halogens is 3. The molecule has 1 aromatic rings. The van der Waals surface area contributed by atoms with Crippen molar-refractivity contribution in [2.75, 3.05) is 6.61 Å². The van der Waals surface area contributed by atoms with Crippen LogP contribution in [0.2, 0.25) is 0 Å². The van der Waals surface area contributed by atoms with E-state index in [0.29, 0.717) is 0 Å². The Morgan fingerprint density at radius 2 is 1.74 bits per heavy atom. The van der Waals surface area contributed by atoms with Crippen molar-refractivity contribution >= 4 is 27.9 Å². The van der Waals surface area contributed by atoms with E-state index in [1.807, 2.05) is 0 Å². The molecular formula is C16H19BrF2O4. The fourth-order valence-electron chi connectivity index (χ4n) is 1.85. The second kappa shape index (κ2) is 6.95. The lowest BCUT2D eigenvalue weighted by atomic mass is 9.94. The number of carbonyl (C=O) groups is 2. The Bertz CT molecular complexity index is 621. The lowest BCUT2D eigenvalue weighted by molar-refractivity contribution is -0.145. The predicted molar refractivity (Wildman–Crippen MR) is 84.4 cm³/mol. The van der Waals surface area contributed by atoms with Gasteiger partial charge in [0.25, 0.3) is 0 Å². The van der Waals surface area contributed by atoms with E-state index in [1.165, 1.54) is 6.92 Å². The summed E-state index contributed by atoms with van der Waals surface area (Å²) in [5.74, 6) is -4.36. The van der Waals surface area contributed by atoms with Crippen molar-refractivity contribution in [1.29, 1.82) is 0 Å². The topological polar surface area (TPSA) is 52.6 Å². The maximum absolute atomic E-state index is 14.2. The Kier molecular flexibility index (Phi) is 5.90. The van der Waals surface area contributed by atoms with Gasteiger partial charge in [-0.25, -0.2) is 13.6 Å². The zero-order valence-corrected chi connectivity index (χ0v) is 15.2. The van der Waals surface area contributed by atoms with Crippen molar-refractivity contribution in [2.24, 2.45) is 0 Å². The zero-order chi connectivity index (χ0) is 18.0. The summed E-state index contributed by atoms with van der Waals surface area (Å²) < 4.78 is 36.3. The van der Waals surface area contributed by atoms with E-state index in [9.17, 15) is 18.4 Å². The standard InChI is InChI=1S/C16H19BrF2O4/c1-6-22-14(21)16(5,17)9-7-8-10(18)12(19)11(9)13(20)23-15(2,3)4/h7-8H,6H2,1-5H3. The number of hydrogen-bond donors (Lipinski definition) is 0. The summed E-state index contributed by atoms with van der Waals surface area (Å²) in [5, 5.41) is 0. The van der Waals surface area contributed by atoms with Gasteiger partial charge in [-0.2, -0.15) is 0 Å². The Balaban J connectivity index is 3.48. The van der Waals surface area contributed by atoms with E-state index >= 15 is 0 Å². The number of benzene rings is 1. The van der Waals surface area contributed by atoms with Crippen LogP contribution >= 0.6 is 15.9 Å². The fourth-order valence-corrected chi connectivity index (χ4v) is 2.29. The minimum Gasteiger partial charge on any atom is -0.465 e. The van der Waals surface area contributed by atoms with Gasteiger partial charge in [-0.3, -0.25) is 4.79 Å². The van der Waals surface area contributed by atoms with Crippen LogP contribution in [0.25, 0.3) is 0 Å². The second-order valence-electron chi connectivity index (χ2n) is 6.01. The lowest BCUT2D eigenvalue weighted by Gasteiger charge is -2.25. The van der Waals surface area contributed by atoms with Gasteiger partial charge in [-0.05, 0) is 46.2 Å². The lowest BCUT2D eigenvalue weighted by Crippen LogP contribution is -2.32. The molecule has 0 aromatic heterocycles. The van der Waals surface area contributed by atoms with Crippen LogP contribution in [-0.4, -0.2) is 24.1 Å². The first kappa shape index (κ1) is 19.5. The third-order valence-corrected chi connectivity index (χ3v) is 3.61. The van der Waals surface area contributed by atoms with Crippen LogP contribution in [0.3, 0.4) is 0 Å². The Morgan fingerprint density at radius 3 is 2.22 bits per heavy atom.